The van der Waals surface area contributed by atoms with E-state index in [9.17, 15) is 18.0 Å². The average Bonchev–Trinajstić information content (AvgIpc) is 2.02. The Morgan fingerprint density at radius 2 is 2.07 bits per heavy atom. The van der Waals surface area contributed by atoms with Gasteiger partial charge in [-0.1, -0.05) is 11.6 Å². The highest BCUT2D eigenvalue weighted by molar-refractivity contribution is 6.33. The van der Waals surface area contributed by atoms with Crippen LogP contribution in [0.15, 0.2) is 12.3 Å². The molecule has 1 amide bonds. The molecule has 0 bridgehead atoms. The first-order valence-electron chi connectivity index (χ1n) is 3.35. The summed E-state index contributed by atoms with van der Waals surface area (Å²) in [5, 5.41) is -0.203. The fourth-order valence-corrected chi connectivity index (χ4v) is 0.979. The summed E-state index contributed by atoms with van der Waals surface area (Å²) in [5.41, 5.74) is 3.22. The minimum Gasteiger partial charge on any atom is -0.366 e. The SMILES string of the molecule is NC(=O)c1cc(C(F)(F)F)ncc1Cl. The molecule has 0 saturated heterocycles. The Morgan fingerprint density at radius 1 is 1.50 bits per heavy atom. The number of carbonyl (C=O) groups excluding carboxylic acids is 1. The molecule has 3 nitrogen and oxygen atoms in total. The predicted octanol–water partition coefficient (Wildman–Crippen LogP) is 1.85. The van der Waals surface area contributed by atoms with E-state index < -0.39 is 23.3 Å². The molecule has 1 rings (SSSR count). The zero-order chi connectivity index (χ0) is 10.9. The number of primary amides is 1. The first-order chi connectivity index (χ1) is 6.32. The zero-order valence-corrected chi connectivity index (χ0v) is 7.36. The molecule has 1 aromatic rings. The third kappa shape index (κ3) is 2.14. The first-order valence-corrected chi connectivity index (χ1v) is 3.72. The molecule has 0 aliphatic heterocycles. The molecule has 0 radical (unpaired) electrons. The van der Waals surface area contributed by atoms with Crippen molar-refractivity contribution >= 4 is 17.5 Å². The number of rotatable bonds is 1. The molecule has 0 unspecified atom stereocenters. The molecule has 0 spiro atoms. The third-order valence-corrected chi connectivity index (χ3v) is 1.71. The molecule has 0 fully saturated rings. The van der Waals surface area contributed by atoms with Crippen molar-refractivity contribution in [3.05, 3.63) is 28.5 Å². The molecule has 0 aliphatic rings. The maximum absolute atomic E-state index is 12.1. The fraction of sp³-hybridized carbons (Fsp3) is 0.143. The molecule has 0 saturated carbocycles. The number of alkyl halides is 3. The summed E-state index contributed by atoms with van der Waals surface area (Å²) in [6, 6.07) is 0.519. The summed E-state index contributed by atoms with van der Waals surface area (Å²) in [7, 11) is 0. The van der Waals surface area contributed by atoms with Crippen LogP contribution >= 0.6 is 11.6 Å². The molecule has 76 valence electrons. The second kappa shape index (κ2) is 3.45. The lowest BCUT2D eigenvalue weighted by Gasteiger charge is -2.06. The van der Waals surface area contributed by atoms with Crippen LogP contribution in [0.3, 0.4) is 0 Å². The summed E-state index contributed by atoms with van der Waals surface area (Å²) in [6.07, 6.45) is -3.88. The third-order valence-electron chi connectivity index (χ3n) is 1.41. The van der Waals surface area contributed by atoms with Crippen molar-refractivity contribution in [3.8, 4) is 0 Å². The van der Waals surface area contributed by atoms with E-state index >= 15 is 0 Å². The van der Waals surface area contributed by atoms with E-state index in [0.29, 0.717) is 6.07 Å². The van der Waals surface area contributed by atoms with Crippen molar-refractivity contribution < 1.29 is 18.0 Å². The number of nitrogens with zero attached hydrogens (tertiary/aromatic N) is 1. The largest absolute Gasteiger partial charge is 0.433 e. The van der Waals surface area contributed by atoms with Crippen molar-refractivity contribution in [2.45, 2.75) is 6.18 Å². The smallest absolute Gasteiger partial charge is 0.366 e. The fourth-order valence-electron chi connectivity index (χ4n) is 0.783. The molecule has 2 N–H and O–H groups in total. The average molecular weight is 225 g/mol. The van der Waals surface area contributed by atoms with Gasteiger partial charge in [-0.15, -0.1) is 0 Å². The van der Waals surface area contributed by atoms with Gasteiger partial charge in [0.1, 0.15) is 5.69 Å². The Kier molecular flexibility index (Phi) is 2.66. The maximum atomic E-state index is 12.1. The molecule has 0 aliphatic carbocycles. The number of halogens is 4. The topological polar surface area (TPSA) is 56.0 Å². The van der Waals surface area contributed by atoms with Crippen molar-refractivity contribution in [1.82, 2.24) is 4.98 Å². The molecule has 1 aromatic heterocycles. The van der Waals surface area contributed by atoms with Gasteiger partial charge in [0.25, 0.3) is 0 Å². The lowest BCUT2D eigenvalue weighted by molar-refractivity contribution is -0.141. The second-order valence-electron chi connectivity index (χ2n) is 2.41. The van der Waals surface area contributed by atoms with Gasteiger partial charge in [-0.2, -0.15) is 13.2 Å². The van der Waals surface area contributed by atoms with Crippen LogP contribution in [-0.2, 0) is 6.18 Å². The van der Waals surface area contributed by atoms with Gasteiger partial charge in [-0.05, 0) is 6.07 Å². The Bertz CT molecular complexity index is 378. The number of hydrogen-bond acceptors (Lipinski definition) is 2. The highest BCUT2D eigenvalue weighted by Crippen LogP contribution is 2.29. The number of pyridine rings is 1. The number of amides is 1. The number of aromatic nitrogens is 1. The zero-order valence-electron chi connectivity index (χ0n) is 6.60. The van der Waals surface area contributed by atoms with Gasteiger partial charge in [0.15, 0.2) is 0 Å². The van der Waals surface area contributed by atoms with E-state index in [1.807, 2.05) is 0 Å². The summed E-state index contributed by atoms with van der Waals surface area (Å²) in [4.78, 5) is 13.7. The molecular weight excluding hydrogens is 221 g/mol. The van der Waals surface area contributed by atoms with Crippen molar-refractivity contribution in [3.63, 3.8) is 0 Å². The summed E-state index contributed by atoms with van der Waals surface area (Å²) < 4.78 is 36.3. The van der Waals surface area contributed by atoms with Crippen LogP contribution in [-0.4, -0.2) is 10.9 Å². The number of hydrogen-bond donors (Lipinski definition) is 1. The molecule has 14 heavy (non-hydrogen) atoms. The second-order valence-corrected chi connectivity index (χ2v) is 2.82. The van der Waals surface area contributed by atoms with Gasteiger partial charge in [0.2, 0.25) is 5.91 Å². The van der Waals surface area contributed by atoms with Crippen LogP contribution in [0.1, 0.15) is 16.1 Å². The number of carbonyl (C=O) groups is 1. The van der Waals surface area contributed by atoms with Gasteiger partial charge in [0, 0.05) is 6.20 Å². The van der Waals surface area contributed by atoms with E-state index in [1.165, 1.54) is 0 Å². The molecule has 0 aromatic carbocycles. The van der Waals surface area contributed by atoms with E-state index in [4.69, 9.17) is 17.3 Å². The van der Waals surface area contributed by atoms with Crippen molar-refractivity contribution in [2.24, 2.45) is 5.73 Å². The Balaban J connectivity index is 3.27. The maximum Gasteiger partial charge on any atom is 0.433 e. The Hall–Kier alpha value is -1.30. The standard InChI is InChI=1S/C7H4ClF3N2O/c8-4-2-13-5(7(9,10)11)1-3(4)6(12)14/h1-2H,(H2,12,14). The monoisotopic (exact) mass is 224 g/mol. The summed E-state index contributed by atoms with van der Waals surface area (Å²) in [6.45, 7) is 0. The van der Waals surface area contributed by atoms with E-state index in [0.717, 1.165) is 6.20 Å². The number of nitrogens with two attached hydrogens (primary N) is 1. The van der Waals surface area contributed by atoms with Crippen LogP contribution in [0.25, 0.3) is 0 Å². The Morgan fingerprint density at radius 3 is 2.50 bits per heavy atom. The van der Waals surface area contributed by atoms with Gasteiger partial charge in [0.05, 0.1) is 10.6 Å². The van der Waals surface area contributed by atoms with Crippen LogP contribution in [0.2, 0.25) is 5.02 Å². The minimum atomic E-state index is -4.62. The van der Waals surface area contributed by atoms with E-state index in [1.54, 1.807) is 0 Å². The van der Waals surface area contributed by atoms with Crippen molar-refractivity contribution in [2.75, 3.05) is 0 Å². The van der Waals surface area contributed by atoms with Gasteiger partial charge >= 0.3 is 6.18 Å². The summed E-state index contributed by atoms with van der Waals surface area (Å²) in [5.74, 6) is -1.03. The highest BCUT2D eigenvalue weighted by atomic mass is 35.5. The molecule has 0 atom stereocenters. The van der Waals surface area contributed by atoms with Gasteiger partial charge < -0.3 is 5.73 Å². The van der Waals surface area contributed by atoms with E-state index in [2.05, 4.69) is 4.98 Å². The Labute approximate surface area is 81.7 Å². The van der Waals surface area contributed by atoms with Crippen LogP contribution in [0, 0.1) is 0 Å². The summed E-state index contributed by atoms with van der Waals surface area (Å²) >= 11 is 5.41. The normalized spacial score (nSPS) is 11.4. The first kappa shape index (κ1) is 10.8. The molecule has 1 heterocycles. The van der Waals surface area contributed by atoms with Crippen LogP contribution in [0.5, 0.6) is 0 Å². The molecule has 7 heteroatoms. The lowest BCUT2D eigenvalue weighted by Crippen LogP contribution is -2.15. The highest BCUT2D eigenvalue weighted by Gasteiger charge is 2.33. The van der Waals surface area contributed by atoms with Crippen LogP contribution < -0.4 is 5.73 Å². The predicted molar refractivity (Wildman–Crippen MR) is 42.8 cm³/mol. The quantitative estimate of drug-likeness (QED) is 0.792. The molecular formula is C7H4ClF3N2O. The van der Waals surface area contributed by atoms with Crippen LogP contribution in [0.4, 0.5) is 13.2 Å². The van der Waals surface area contributed by atoms with E-state index in [-0.39, 0.29) is 5.02 Å². The van der Waals surface area contributed by atoms with Gasteiger partial charge in [-0.25, -0.2) is 0 Å². The lowest BCUT2D eigenvalue weighted by atomic mass is 10.2. The van der Waals surface area contributed by atoms with Gasteiger partial charge in [-0.3, -0.25) is 9.78 Å². The van der Waals surface area contributed by atoms with Crippen molar-refractivity contribution in [1.29, 1.82) is 0 Å². The minimum absolute atomic E-state index is 0.203.